The van der Waals surface area contributed by atoms with Crippen molar-refractivity contribution in [1.29, 1.82) is 0 Å². The van der Waals surface area contributed by atoms with Crippen molar-refractivity contribution in [1.82, 2.24) is 0 Å². The summed E-state index contributed by atoms with van der Waals surface area (Å²) in [5.74, 6) is -1.30. The van der Waals surface area contributed by atoms with Crippen LogP contribution in [0.3, 0.4) is 0 Å². The van der Waals surface area contributed by atoms with Gasteiger partial charge in [0.05, 0.1) is 21.0 Å². The molecule has 0 unspecified atom stereocenters. The Bertz CT molecular complexity index is 2050. The average Bonchev–Trinajstić information content (AvgIpc) is 3.43. The van der Waals surface area contributed by atoms with Crippen molar-refractivity contribution in [3.05, 3.63) is 108 Å². The molecule has 0 saturated heterocycles. The Morgan fingerprint density at radius 2 is 1.43 bits per heavy atom. The van der Waals surface area contributed by atoms with E-state index in [2.05, 4.69) is 0 Å². The van der Waals surface area contributed by atoms with Crippen LogP contribution in [0, 0.1) is 41.2 Å². The molecule has 0 heterocycles. The van der Waals surface area contributed by atoms with E-state index in [0.29, 0.717) is 66.7 Å². The monoisotopic (exact) mass is 801 g/mol. The minimum absolute atomic E-state index is 0.106. The number of hydrogen-bond donors (Lipinski definition) is 6. The van der Waals surface area contributed by atoms with E-state index >= 15 is 0 Å². The summed E-state index contributed by atoms with van der Waals surface area (Å²) in [6, 6.07) is 14.3. The summed E-state index contributed by atoms with van der Waals surface area (Å²) in [6.07, 6.45) is 4.39. The molecule has 0 radical (unpaired) electrons. The zero-order chi connectivity index (χ0) is 40.1. The second kappa shape index (κ2) is 17.6. The van der Waals surface area contributed by atoms with Gasteiger partial charge in [-0.15, -0.1) is 0 Å². The van der Waals surface area contributed by atoms with Gasteiger partial charge in [-0.3, -0.25) is 19.7 Å². The fourth-order valence-corrected chi connectivity index (χ4v) is 8.03. The molecule has 4 aromatic carbocycles. The van der Waals surface area contributed by atoms with Gasteiger partial charge in [-0.05, 0) is 93.7 Å². The lowest BCUT2D eigenvalue weighted by Crippen LogP contribution is -2.42. The van der Waals surface area contributed by atoms with Crippen LogP contribution in [0.1, 0.15) is 66.8 Å². The lowest BCUT2D eigenvalue weighted by atomic mass is 9.62. The largest absolute Gasteiger partial charge is 0.504 e. The van der Waals surface area contributed by atoms with Crippen molar-refractivity contribution in [2.75, 3.05) is 0 Å². The summed E-state index contributed by atoms with van der Waals surface area (Å²) in [5.41, 5.74) is 2.44. The van der Waals surface area contributed by atoms with Crippen LogP contribution >= 0.6 is 34.8 Å². The molecule has 2 saturated carbocycles. The summed E-state index contributed by atoms with van der Waals surface area (Å²) in [7, 11) is 0. The molecular formula is C40H42Cl3NO10. The Hall–Kier alpha value is -4.71. The van der Waals surface area contributed by atoms with Gasteiger partial charge in [0.15, 0.2) is 34.5 Å². The summed E-state index contributed by atoms with van der Waals surface area (Å²) in [4.78, 5) is 35.1. The highest BCUT2D eigenvalue weighted by atomic mass is 35.5. The van der Waals surface area contributed by atoms with Crippen LogP contribution in [0.2, 0.25) is 15.1 Å². The number of para-hydroxylation sites is 1. The SMILES string of the molecule is Cc1c([N+](=O)[O-])cc(O)c(O)c1CCc1ccccc1Cl.Cc1cc(Cl)c(O)c(O)c1CC[C@@H]1C(=O)CC[C@]2(C)C(=O)CC[C@@H]12.Oc1cccc(Cl)c1O. The molecule has 2 fully saturated rings. The van der Waals surface area contributed by atoms with Gasteiger partial charge in [-0.1, -0.05) is 66.0 Å². The lowest BCUT2D eigenvalue weighted by molar-refractivity contribution is -0.385. The van der Waals surface area contributed by atoms with Gasteiger partial charge in [0.1, 0.15) is 11.6 Å². The molecule has 6 N–H and O–H groups in total. The number of carbonyl (C=O) groups is 2. The van der Waals surface area contributed by atoms with E-state index in [0.717, 1.165) is 23.6 Å². The number of rotatable bonds is 7. The quantitative estimate of drug-likeness (QED) is 0.0594. The third kappa shape index (κ3) is 9.14. The van der Waals surface area contributed by atoms with Crippen molar-refractivity contribution in [2.45, 2.75) is 72.1 Å². The Balaban J connectivity index is 0.000000198. The first-order chi connectivity index (χ1) is 25.4. The van der Waals surface area contributed by atoms with Gasteiger partial charge in [0, 0.05) is 45.9 Å². The number of ketones is 2. The minimum Gasteiger partial charge on any atom is -0.504 e. The van der Waals surface area contributed by atoms with Crippen LogP contribution in [0.15, 0.2) is 54.6 Å². The number of Topliss-reactive ketones (excluding diaryl/α,β-unsaturated/α-hetero) is 2. The first-order valence-electron chi connectivity index (χ1n) is 17.2. The van der Waals surface area contributed by atoms with E-state index in [1.807, 2.05) is 32.0 Å². The zero-order valence-corrected chi connectivity index (χ0v) is 32.2. The number of hydrogen-bond acceptors (Lipinski definition) is 10. The van der Waals surface area contributed by atoms with Crippen LogP contribution in [-0.4, -0.2) is 47.1 Å². The van der Waals surface area contributed by atoms with Gasteiger partial charge >= 0.3 is 0 Å². The fourth-order valence-electron chi connectivity index (χ4n) is 7.38. The molecule has 0 bridgehead atoms. The van der Waals surface area contributed by atoms with Crippen molar-refractivity contribution >= 4 is 52.1 Å². The van der Waals surface area contributed by atoms with E-state index < -0.39 is 10.7 Å². The lowest BCUT2D eigenvalue weighted by Gasteiger charge is -2.39. The maximum absolute atomic E-state index is 12.5. The minimum atomic E-state index is -0.576. The molecule has 11 nitrogen and oxygen atoms in total. The summed E-state index contributed by atoms with van der Waals surface area (Å²) in [6.45, 7) is 5.38. The number of halogens is 3. The highest BCUT2D eigenvalue weighted by Gasteiger charge is 2.53. The molecule has 4 aromatic rings. The van der Waals surface area contributed by atoms with E-state index in [1.54, 1.807) is 25.1 Å². The number of fused-ring (bicyclic) bond motifs is 1. The van der Waals surface area contributed by atoms with Crippen molar-refractivity contribution in [2.24, 2.45) is 17.3 Å². The predicted octanol–water partition coefficient (Wildman–Crippen LogP) is 9.46. The maximum Gasteiger partial charge on any atom is 0.276 e. The number of nitro groups is 1. The maximum atomic E-state index is 12.5. The van der Waals surface area contributed by atoms with E-state index in [-0.39, 0.29) is 73.3 Å². The number of nitrogens with zero attached hydrogens (tertiary/aromatic N) is 1. The van der Waals surface area contributed by atoms with Crippen LogP contribution in [-0.2, 0) is 28.9 Å². The average molecular weight is 803 g/mol. The molecule has 2 aliphatic carbocycles. The second-order valence-corrected chi connectivity index (χ2v) is 15.0. The highest BCUT2D eigenvalue weighted by molar-refractivity contribution is 6.32. The molecular weight excluding hydrogens is 761 g/mol. The van der Waals surface area contributed by atoms with E-state index in [4.69, 9.17) is 45.0 Å². The third-order valence-corrected chi connectivity index (χ3v) is 11.6. The number of nitro benzene ring substituents is 1. The van der Waals surface area contributed by atoms with Crippen LogP contribution in [0.25, 0.3) is 0 Å². The van der Waals surface area contributed by atoms with Gasteiger partial charge in [0.2, 0.25) is 0 Å². The van der Waals surface area contributed by atoms with Crippen LogP contribution in [0.5, 0.6) is 34.5 Å². The molecule has 54 heavy (non-hydrogen) atoms. The molecule has 3 atom stereocenters. The predicted molar refractivity (Wildman–Crippen MR) is 206 cm³/mol. The van der Waals surface area contributed by atoms with E-state index in [1.165, 1.54) is 12.1 Å². The zero-order valence-electron chi connectivity index (χ0n) is 29.9. The molecule has 2 aliphatic rings. The van der Waals surface area contributed by atoms with Crippen LogP contribution < -0.4 is 0 Å². The Morgan fingerprint density at radius 1 is 0.759 bits per heavy atom. The smallest absolute Gasteiger partial charge is 0.276 e. The summed E-state index contributed by atoms with van der Waals surface area (Å²) in [5, 5.41) is 69.0. The van der Waals surface area contributed by atoms with Gasteiger partial charge in [-0.25, -0.2) is 0 Å². The molecule has 0 amide bonds. The van der Waals surface area contributed by atoms with Gasteiger partial charge in [-0.2, -0.15) is 0 Å². The molecule has 0 spiro atoms. The van der Waals surface area contributed by atoms with E-state index in [9.17, 15) is 40.1 Å². The first kappa shape index (κ1) is 42.0. The molecule has 0 aliphatic heterocycles. The Labute approximate surface area is 327 Å². The molecule has 288 valence electrons. The topological polar surface area (TPSA) is 199 Å². The fraction of sp³-hybridized carbons (Fsp3) is 0.350. The number of phenolic OH excluding ortho intramolecular Hbond substituents is 6. The van der Waals surface area contributed by atoms with Gasteiger partial charge in [0.25, 0.3) is 5.69 Å². The molecule has 14 heteroatoms. The van der Waals surface area contributed by atoms with Crippen molar-refractivity contribution in [3.8, 4) is 34.5 Å². The molecule has 0 aromatic heterocycles. The van der Waals surface area contributed by atoms with Crippen molar-refractivity contribution < 1.29 is 45.2 Å². The Kier molecular flexibility index (Phi) is 13.7. The number of aromatic hydroxyl groups is 6. The first-order valence-corrected chi connectivity index (χ1v) is 18.4. The molecule has 6 rings (SSSR count). The standard InChI is InChI=1S/C19H23ClO4.C15H14ClNO4.C6H5ClO2/c1-10-9-14(20)18(24)17(23)11(10)3-4-12-13-5-6-16(22)19(13,2)8-7-15(12)21;1-9-11(7-6-10-4-2-3-5-12(10)16)15(19)14(18)8-13(9)17(20)21;7-4-2-1-3-5(8)6(4)9/h9,12-13,23-24H,3-8H2,1-2H3;2-5,8,18-19H,6-7H2,1H3;1-3,8-9H/t12-,13-,19-;;/m0../s1. The summed E-state index contributed by atoms with van der Waals surface area (Å²) >= 11 is 17.3. The highest BCUT2D eigenvalue weighted by Crippen LogP contribution is 2.52. The van der Waals surface area contributed by atoms with Crippen molar-refractivity contribution in [3.63, 3.8) is 0 Å². The second-order valence-electron chi connectivity index (χ2n) is 13.8. The number of benzene rings is 4. The number of phenols is 6. The third-order valence-electron chi connectivity index (χ3n) is 10.6. The summed E-state index contributed by atoms with van der Waals surface area (Å²) < 4.78 is 0. The number of aryl methyl sites for hydroxylation is 2. The van der Waals surface area contributed by atoms with Crippen LogP contribution in [0.4, 0.5) is 5.69 Å². The number of carbonyl (C=O) groups excluding carboxylic acids is 2. The Morgan fingerprint density at radius 3 is 2.06 bits per heavy atom. The normalized spacial score (nSPS) is 18.9. The van der Waals surface area contributed by atoms with Gasteiger partial charge < -0.3 is 30.6 Å².